The second-order valence-electron chi connectivity index (χ2n) is 3.61. The molecule has 0 aliphatic carbocycles. The van der Waals surface area contributed by atoms with E-state index in [-0.39, 0.29) is 17.5 Å². The summed E-state index contributed by atoms with van der Waals surface area (Å²) in [4.78, 5) is 10.9. The Morgan fingerprint density at radius 2 is 2.42 bits per heavy atom. The molecule has 0 spiro atoms. The van der Waals surface area contributed by atoms with Gasteiger partial charge < -0.3 is 10.6 Å². The second kappa shape index (κ2) is 3.16. The van der Waals surface area contributed by atoms with Gasteiger partial charge in [-0.3, -0.25) is 4.79 Å². The zero-order chi connectivity index (χ0) is 9.19. The normalized spacial score (nSPS) is 26.2. The van der Waals surface area contributed by atoms with E-state index in [9.17, 15) is 4.79 Å². The van der Waals surface area contributed by atoms with Gasteiger partial charge in [0.1, 0.15) is 0 Å². The van der Waals surface area contributed by atoms with Gasteiger partial charge in [-0.05, 0) is 32.7 Å². The summed E-state index contributed by atoms with van der Waals surface area (Å²) < 4.78 is 0. The minimum Gasteiger partial charge on any atom is -0.341 e. The molecule has 1 unspecified atom stereocenters. The lowest BCUT2D eigenvalue weighted by Gasteiger charge is -2.26. The average molecular weight is 166 g/mol. The second-order valence-corrected chi connectivity index (χ2v) is 3.61. The Balaban J connectivity index is 2.54. The highest BCUT2D eigenvalue weighted by Gasteiger charge is 2.34. The van der Waals surface area contributed by atoms with Crippen molar-refractivity contribution in [2.45, 2.75) is 31.8 Å². The van der Waals surface area contributed by atoms with E-state index in [2.05, 4.69) is 30.4 Å². The van der Waals surface area contributed by atoms with E-state index in [1.165, 1.54) is 0 Å². The van der Waals surface area contributed by atoms with Crippen molar-refractivity contribution in [2.24, 2.45) is 0 Å². The molecule has 2 N–H and O–H groups in total. The highest BCUT2D eigenvalue weighted by Crippen LogP contribution is 2.17. The summed E-state index contributed by atoms with van der Waals surface area (Å²) in [6, 6.07) is 0.154. The molecule has 1 aliphatic heterocycles. The number of amides is 1. The van der Waals surface area contributed by atoms with E-state index in [1.807, 2.05) is 0 Å². The predicted molar refractivity (Wildman–Crippen MR) is 47.5 cm³/mol. The molecule has 12 heavy (non-hydrogen) atoms. The maximum atomic E-state index is 10.9. The van der Waals surface area contributed by atoms with Crippen LogP contribution in [0.15, 0.2) is 0 Å². The standard InChI is InChI=1S/C9H14N2O/c1-4-8(12)11-7-5-6-10-9(7,2)3/h1,7,10H,5-6H2,2-3H3,(H,11,12). The van der Waals surface area contributed by atoms with Crippen molar-refractivity contribution in [2.75, 3.05) is 6.54 Å². The number of carbonyl (C=O) groups is 1. The largest absolute Gasteiger partial charge is 0.341 e. The average Bonchev–Trinajstić information content (AvgIpc) is 2.31. The summed E-state index contributed by atoms with van der Waals surface area (Å²) in [6.07, 6.45) is 5.90. The first-order valence-electron chi connectivity index (χ1n) is 4.08. The summed E-state index contributed by atoms with van der Waals surface area (Å²) in [5, 5.41) is 6.07. The molecule has 0 aromatic rings. The third-order valence-electron chi connectivity index (χ3n) is 2.32. The van der Waals surface area contributed by atoms with Gasteiger partial charge in [0, 0.05) is 11.6 Å². The van der Waals surface area contributed by atoms with Gasteiger partial charge in [0.05, 0.1) is 0 Å². The summed E-state index contributed by atoms with van der Waals surface area (Å²) in [7, 11) is 0. The number of rotatable bonds is 1. The fraction of sp³-hybridized carbons (Fsp3) is 0.667. The Morgan fingerprint density at radius 3 is 2.83 bits per heavy atom. The first-order chi connectivity index (χ1) is 5.56. The van der Waals surface area contributed by atoms with Crippen LogP contribution in [0, 0.1) is 12.3 Å². The van der Waals surface area contributed by atoms with Crippen LogP contribution >= 0.6 is 0 Å². The van der Waals surface area contributed by atoms with E-state index in [4.69, 9.17) is 6.42 Å². The zero-order valence-corrected chi connectivity index (χ0v) is 7.48. The summed E-state index contributed by atoms with van der Waals surface area (Å²) in [5.74, 6) is 1.73. The fourth-order valence-corrected chi connectivity index (χ4v) is 1.48. The Morgan fingerprint density at radius 1 is 1.75 bits per heavy atom. The van der Waals surface area contributed by atoms with E-state index in [1.54, 1.807) is 0 Å². The molecule has 1 aliphatic rings. The molecule has 1 heterocycles. The molecule has 1 fully saturated rings. The molecule has 0 radical (unpaired) electrons. The third-order valence-corrected chi connectivity index (χ3v) is 2.32. The Labute approximate surface area is 72.9 Å². The molecule has 1 atom stereocenters. The highest BCUT2D eigenvalue weighted by molar-refractivity contribution is 5.93. The van der Waals surface area contributed by atoms with Crippen LogP contribution in [0.4, 0.5) is 0 Å². The van der Waals surface area contributed by atoms with Gasteiger partial charge in [-0.25, -0.2) is 0 Å². The van der Waals surface area contributed by atoms with Crippen LogP contribution in [0.1, 0.15) is 20.3 Å². The van der Waals surface area contributed by atoms with Crippen molar-refractivity contribution < 1.29 is 4.79 Å². The van der Waals surface area contributed by atoms with Gasteiger partial charge in [0.15, 0.2) is 0 Å². The third kappa shape index (κ3) is 1.77. The van der Waals surface area contributed by atoms with Gasteiger partial charge in [0.2, 0.25) is 0 Å². The summed E-state index contributed by atoms with van der Waals surface area (Å²) >= 11 is 0. The molecule has 0 bridgehead atoms. The Bertz CT molecular complexity index is 227. The molecule has 3 nitrogen and oxygen atoms in total. The summed E-state index contributed by atoms with van der Waals surface area (Å²) in [5.41, 5.74) is -0.0352. The lowest BCUT2D eigenvalue weighted by molar-refractivity contribution is -0.116. The van der Waals surface area contributed by atoms with Crippen molar-refractivity contribution >= 4 is 5.91 Å². The van der Waals surface area contributed by atoms with Gasteiger partial charge in [-0.1, -0.05) is 0 Å². The van der Waals surface area contributed by atoms with Crippen LogP contribution in [0.2, 0.25) is 0 Å². The van der Waals surface area contributed by atoms with E-state index < -0.39 is 0 Å². The smallest absolute Gasteiger partial charge is 0.295 e. The molecule has 0 saturated carbocycles. The van der Waals surface area contributed by atoms with E-state index in [0.29, 0.717) is 0 Å². The molecule has 1 amide bonds. The molecule has 66 valence electrons. The van der Waals surface area contributed by atoms with Gasteiger partial charge in [0.25, 0.3) is 5.91 Å². The zero-order valence-electron chi connectivity index (χ0n) is 7.48. The minimum atomic E-state index is -0.322. The maximum Gasteiger partial charge on any atom is 0.295 e. The van der Waals surface area contributed by atoms with Gasteiger partial charge in [-0.15, -0.1) is 6.42 Å². The number of hydrogen-bond acceptors (Lipinski definition) is 2. The number of hydrogen-bond donors (Lipinski definition) is 2. The van der Waals surface area contributed by atoms with Crippen molar-refractivity contribution in [3.8, 4) is 12.3 Å². The monoisotopic (exact) mass is 166 g/mol. The number of carbonyl (C=O) groups excluding carboxylic acids is 1. The Hall–Kier alpha value is -1.01. The van der Waals surface area contributed by atoms with Crippen LogP contribution in [-0.4, -0.2) is 24.0 Å². The van der Waals surface area contributed by atoms with Crippen LogP contribution in [0.5, 0.6) is 0 Å². The van der Waals surface area contributed by atoms with E-state index >= 15 is 0 Å². The SMILES string of the molecule is C#CC(=O)NC1CCNC1(C)C. The molecule has 0 aromatic carbocycles. The molecule has 3 heteroatoms. The lowest BCUT2D eigenvalue weighted by atomic mass is 9.97. The van der Waals surface area contributed by atoms with Crippen LogP contribution in [-0.2, 0) is 4.79 Å². The van der Waals surface area contributed by atoms with Crippen molar-refractivity contribution in [3.63, 3.8) is 0 Å². The lowest BCUT2D eigenvalue weighted by Crippen LogP contribution is -2.50. The fourth-order valence-electron chi connectivity index (χ4n) is 1.48. The van der Waals surface area contributed by atoms with Crippen molar-refractivity contribution in [1.29, 1.82) is 0 Å². The first-order valence-corrected chi connectivity index (χ1v) is 4.08. The molecule has 1 saturated heterocycles. The molecular weight excluding hydrogens is 152 g/mol. The van der Waals surface area contributed by atoms with Crippen LogP contribution in [0.25, 0.3) is 0 Å². The molecule has 0 aromatic heterocycles. The van der Waals surface area contributed by atoms with Crippen molar-refractivity contribution in [1.82, 2.24) is 10.6 Å². The maximum absolute atomic E-state index is 10.9. The predicted octanol–water partition coefficient (Wildman–Crippen LogP) is -0.124. The number of terminal acetylenes is 1. The topological polar surface area (TPSA) is 41.1 Å². The first kappa shape index (κ1) is 9.08. The van der Waals surface area contributed by atoms with E-state index in [0.717, 1.165) is 13.0 Å². The van der Waals surface area contributed by atoms with Crippen molar-refractivity contribution in [3.05, 3.63) is 0 Å². The molecule has 1 rings (SSSR count). The quantitative estimate of drug-likeness (QED) is 0.533. The molecular formula is C9H14N2O. The number of nitrogens with one attached hydrogen (secondary N) is 2. The van der Waals surface area contributed by atoms with Crippen LogP contribution < -0.4 is 10.6 Å². The van der Waals surface area contributed by atoms with Gasteiger partial charge in [-0.2, -0.15) is 0 Å². The Kier molecular flexibility index (Phi) is 2.39. The highest BCUT2D eigenvalue weighted by atomic mass is 16.1. The van der Waals surface area contributed by atoms with Crippen LogP contribution in [0.3, 0.4) is 0 Å². The summed E-state index contributed by atoms with van der Waals surface area (Å²) in [6.45, 7) is 5.05. The van der Waals surface area contributed by atoms with Gasteiger partial charge >= 0.3 is 0 Å². The minimum absolute atomic E-state index is 0.0352.